The van der Waals surface area contributed by atoms with Crippen molar-refractivity contribution in [2.45, 2.75) is 44.2 Å². The molecular formula is C18H19ClN2. The highest BCUT2D eigenvalue weighted by molar-refractivity contribution is 6.30. The van der Waals surface area contributed by atoms with E-state index in [9.17, 15) is 0 Å². The number of aryl methyl sites for hydroxylation is 1. The van der Waals surface area contributed by atoms with E-state index in [1.54, 1.807) is 0 Å². The van der Waals surface area contributed by atoms with Gasteiger partial charge in [0, 0.05) is 29.7 Å². The van der Waals surface area contributed by atoms with Gasteiger partial charge in [0.25, 0.3) is 0 Å². The molecule has 1 unspecified atom stereocenters. The van der Waals surface area contributed by atoms with E-state index in [0.717, 1.165) is 24.4 Å². The SMILES string of the molecule is Clc1ccc(C2CCc3cccnc32)c(CNC2CC2)c1. The molecule has 3 heteroatoms. The number of hydrogen-bond donors (Lipinski definition) is 1. The summed E-state index contributed by atoms with van der Waals surface area (Å²) in [5.74, 6) is 0.425. The number of fused-ring (bicyclic) bond motifs is 1. The Morgan fingerprint density at radius 3 is 2.95 bits per heavy atom. The van der Waals surface area contributed by atoms with E-state index in [1.807, 2.05) is 18.3 Å². The number of rotatable bonds is 4. The topological polar surface area (TPSA) is 24.9 Å². The van der Waals surface area contributed by atoms with Gasteiger partial charge in [-0.05, 0) is 60.6 Å². The molecule has 0 bridgehead atoms. The van der Waals surface area contributed by atoms with Crippen LogP contribution in [-0.4, -0.2) is 11.0 Å². The summed E-state index contributed by atoms with van der Waals surface area (Å²) in [6.45, 7) is 0.916. The average molecular weight is 299 g/mol. The molecule has 0 spiro atoms. The first kappa shape index (κ1) is 13.3. The molecule has 1 N–H and O–H groups in total. The minimum atomic E-state index is 0.425. The lowest BCUT2D eigenvalue weighted by atomic mass is 9.92. The number of hydrogen-bond acceptors (Lipinski definition) is 2. The van der Waals surface area contributed by atoms with E-state index >= 15 is 0 Å². The van der Waals surface area contributed by atoms with E-state index in [1.165, 1.54) is 35.2 Å². The maximum absolute atomic E-state index is 6.21. The maximum Gasteiger partial charge on any atom is 0.0510 e. The first-order chi connectivity index (χ1) is 10.3. The summed E-state index contributed by atoms with van der Waals surface area (Å²) >= 11 is 6.21. The van der Waals surface area contributed by atoms with Crippen LogP contribution in [0.15, 0.2) is 36.5 Å². The molecule has 108 valence electrons. The third-order valence-electron chi connectivity index (χ3n) is 4.60. The fraction of sp³-hybridized carbons (Fsp3) is 0.389. The predicted octanol–water partition coefficient (Wildman–Crippen LogP) is 4.07. The second-order valence-electron chi connectivity index (χ2n) is 6.14. The molecule has 4 rings (SSSR count). The summed E-state index contributed by atoms with van der Waals surface area (Å²) in [6.07, 6.45) is 6.82. The third-order valence-corrected chi connectivity index (χ3v) is 4.83. The Balaban J connectivity index is 1.67. The Kier molecular flexibility index (Phi) is 3.44. The minimum Gasteiger partial charge on any atom is -0.310 e. The summed E-state index contributed by atoms with van der Waals surface area (Å²) < 4.78 is 0. The number of benzene rings is 1. The van der Waals surface area contributed by atoms with Crippen molar-refractivity contribution >= 4 is 11.6 Å². The van der Waals surface area contributed by atoms with Gasteiger partial charge in [-0.2, -0.15) is 0 Å². The summed E-state index contributed by atoms with van der Waals surface area (Å²) in [5, 5.41) is 4.43. The van der Waals surface area contributed by atoms with Crippen LogP contribution in [0.25, 0.3) is 0 Å². The molecule has 0 saturated heterocycles. The molecule has 1 fully saturated rings. The Morgan fingerprint density at radius 2 is 2.10 bits per heavy atom. The van der Waals surface area contributed by atoms with Gasteiger partial charge in [0.15, 0.2) is 0 Å². The molecule has 1 saturated carbocycles. The van der Waals surface area contributed by atoms with Gasteiger partial charge in [-0.1, -0.05) is 23.7 Å². The van der Waals surface area contributed by atoms with Crippen LogP contribution in [0.1, 0.15) is 47.6 Å². The average Bonchev–Trinajstić information content (AvgIpc) is 3.24. The van der Waals surface area contributed by atoms with Crippen LogP contribution in [0.3, 0.4) is 0 Å². The van der Waals surface area contributed by atoms with Gasteiger partial charge in [-0.25, -0.2) is 0 Å². The van der Waals surface area contributed by atoms with Gasteiger partial charge in [0.1, 0.15) is 0 Å². The second-order valence-corrected chi connectivity index (χ2v) is 6.57. The van der Waals surface area contributed by atoms with E-state index in [4.69, 9.17) is 11.6 Å². The molecule has 2 nitrogen and oxygen atoms in total. The van der Waals surface area contributed by atoms with E-state index in [-0.39, 0.29) is 0 Å². The van der Waals surface area contributed by atoms with Crippen LogP contribution in [0.4, 0.5) is 0 Å². The first-order valence-electron chi connectivity index (χ1n) is 7.77. The number of pyridine rings is 1. The summed E-state index contributed by atoms with van der Waals surface area (Å²) in [4.78, 5) is 4.63. The molecule has 2 aliphatic rings. The van der Waals surface area contributed by atoms with E-state index < -0.39 is 0 Å². The highest BCUT2D eigenvalue weighted by Crippen LogP contribution is 2.38. The molecular weight excluding hydrogens is 280 g/mol. The van der Waals surface area contributed by atoms with Crippen molar-refractivity contribution in [1.29, 1.82) is 0 Å². The molecule has 1 aromatic carbocycles. The Morgan fingerprint density at radius 1 is 1.19 bits per heavy atom. The molecule has 0 aliphatic heterocycles. The number of halogens is 1. The molecule has 0 radical (unpaired) electrons. The van der Waals surface area contributed by atoms with Crippen LogP contribution in [-0.2, 0) is 13.0 Å². The molecule has 0 amide bonds. The molecule has 21 heavy (non-hydrogen) atoms. The second kappa shape index (κ2) is 5.43. The lowest BCUT2D eigenvalue weighted by Crippen LogP contribution is -2.17. The van der Waals surface area contributed by atoms with Crippen LogP contribution < -0.4 is 5.32 Å². The molecule has 1 aromatic heterocycles. The van der Waals surface area contributed by atoms with E-state index in [0.29, 0.717) is 12.0 Å². The normalized spacial score (nSPS) is 20.5. The van der Waals surface area contributed by atoms with Crippen molar-refractivity contribution in [1.82, 2.24) is 10.3 Å². The van der Waals surface area contributed by atoms with Crippen LogP contribution in [0, 0.1) is 0 Å². The zero-order chi connectivity index (χ0) is 14.2. The quantitative estimate of drug-likeness (QED) is 0.920. The monoisotopic (exact) mass is 298 g/mol. The Labute approximate surface area is 130 Å². The van der Waals surface area contributed by atoms with E-state index in [2.05, 4.69) is 28.5 Å². The molecule has 1 atom stereocenters. The fourth-order valence-electron chi connectivity index (χ4n) is 3.32. The lowest BCUT2D eigenvalue weighted by Gasteiger charge is -2.17. The zero-order valence-corrected chi connectivity index (χ0v) is 12.7. The minimum absolute atomic E-state index is 0.425. The highest BCUT2D eigenvalue weighted by atomic mass is 35.5. The largest absolute Gasteiger partial charge is 0.310 e. The Bertz CT molecular complexity index is 664. The van der Waals surface area contributed by atoms with Crippen molar-refractivity contribution in [3.05, 3.63) is 63.9 Å². The zero-order valence-electron chi connectivity index (χ0n) is 12.0. The first-order valence-corrected chi connectivity index (χ1v) is 8.14. The smallest absolute Gasteiger partial charge is 0.0510 e. The summed E-state index contributed by atoms with van der Waals surface area (Å²) in [6, 6.07) is 11.3. The van der Waals surface area contributed by atoms with Crippen molar-refractivity contribution in [2.75, 3.05) is 0 Å². The molecule has 2 aromatic rings. The van der Waals surface area contributed by atoms with Gasteiger partial charge < -0.3 is 5.32 Å². The lowest BCUT2D eigenvalue weighted by molar-refractivity contribution is 0.671. The predicted molar refractivity (Wildman–Crippen MR) is 85.7 cm³/mol. The van der Waals surface area contributed by atoms with Gasteiger partial charge in [-0.3, -0.25) is 4.98 Å². The van der Waals surface area contributed by atoms with Crippen molar-refractivity contribution in [3.63, 3.8) is 0 Å². The Hall–Kier alpha value is -1.38. The summed E-state index contributed by atoms with van der Waals surface area (Å²) in [7, 11) is 0. The number of nitrogens with one attached hydrogen (secondary N) is 1. The van der Waals surface area contributed by atoms with Crippen LogP contribution in [0.5, 0.6) is 0 Å². The van der Waals surface area contributed by atoms with Gasteiger partial charge in [0.2, 0.25) is 0 Å². The number of aromatic nitrogens is 1. The van der Waals surface area contributed by atoms with Crippen molar-refractivity contribution < 1.29 is 0 Å². The van der Waals surface area contributed by atoms with Gasteiger partial charge >= 0.3 is 0 Å². The van der Waals surface area contributed by atoms with Crippen LogP contribution >= 0.6 is 11.6 Å². The molecule has 2 aliphatic carbocycles. The van der Waals surface area contributed by atoms with Gasteiger partial charge in [-0.15, -0.1) is 0 Å². The van der Waals surface area contributed by atoms with Crippen LogP contribution in [0.2, 0.25) is 5.02 Å². The van der Waals surface area contributed by atoms with Crippen molar-refractivity contribution in [3.8, 4) is 0 Å². The van der Waals surface area contributed by atoms with Gasteiger partial charge in [0.05, 0.1) is 5.69 Å². The fourth-order valence-corrected chi connectivity index (χ4v) is 3.52. The number of nitrogens with zero attached hydrogens (tertiary/aromatic N) is 1. The third kappa shape index (κ3) is 2.70. The maximum atomic E-state index is 6.21. The van der Waals surface area contributed by atoms with Crippen molar-refractivity contribution in [2.24, 2.45) is 0 Å². The summed E-state index contributed by atoms with van der Waals surface area (Å²) in [5.41, 5.74) is 5.38. The highest BCUT2D eigenvalue weighted by Gasteiger charge is 2.27. The standard InChI is InChI=1S/C18H19ClN2/c19-14-4-8-16(13(10-14)11-21-15-5-6-15)17-7-3-12-2-1-9-20-18(12)17/h1-2,4,8-10,15,17,21H,3,5-7,11H2. The molecule has 1 heterocycles.